The normalized spacial score (nSPS) is 12.4. The quantitative estimate of drug-likeness (QED) is 0.311. The van der Waals surface area contributed by atoms with Gasteiger partial charge in [-0.2, -0.15) is 4.98 Å². The molecule has 1 atom stereocenters. The second-order valence-corrected chi connectivity index (χ2v) is 8.66. The van der Waals surface area contributed by atoms with Gasteiger partial charge in [0.1, 0.15) is 0 Å². The highest BCUT2D eigenvalue weighted by atomic mass is 32.2. The molecule has 0 saturated carbocycles. The Hall–Kier alpha value is -2.93. The molecule has 0 spiro atoms. The van der Waals surface area contributed by atoms with Crippen molar-refractivity contribution in [1.29, 1.82) is 0 Å². The number of aromatic nitrogens is 4. The maximum absolute atomic E-state index is 13.3. The van der Waals surface area contributed by atoms with Crippen molar-refractivity contribution in [2.24, 2.45) is 0 Å². The van der Waals surface area contributed by atoms with Crippen LogP contribution in [-0.2, 0) is 13.0 Å². The zero-order chi connectivity index (χ0) is 21.1. The molecule has 0 amide bonds. The van der Waals surface area contributed by atoms with Crippen LogP contribution >= 0.6 is 11.8 Å². The highest BCUT2D eigenvalue weighted by Gasteiger charge is 2.20. The van der Waals surface area contributed by atoms with Crippen LogP contribution in [0.15, 0.2) is 63.0 Å². The fourth-order valence-electron chi connectivity index (χ4n) is 3.22. The van der Waals surface area contributed by atoms with Gasteiger partial charge in [0.15, 0.2) is 11.0 Å². The van der Waals surface area contributed by atoms with Gasteiger partial charge in [-0.05, 0) is 38.0 Å². The maximum atomic E-state index is 13.3. The summed E-state index contributed by atoms with van der Waals surface area (Å²) in [4.78, 5) is 22.6. The average molecular weight is 421 g/mol. The minimum atomic E-state index is -0.125. The Morgan fingerprint density at radius 2 is 1.87 bits per heavy atom. The summed E-state index contributed by atoms with van der Waals surface area (Å²) >= 11 is 1.46. The van der Waals surface area contributed by atoms with Gasteiger partial charge in [0, 0.05) is 6.42 Å². The lowest BCUT2D eigenvalue weighted by Gasteiger charge is -2.15. The van der Waals surface area contributed by atoms with Gasteiger partial charge < -0.3 is 4.52 Å². The lowest BCUT2D eigenvalue weighted by Crippen LogP contribution is -2.24. The topological polar surface area (TPSA) is 73.8 Å². The number of hydrogen-bond acceptors (Lipinski definition) is 6. The van der Waals surface area contributed by atoms with Crippen LogP contribution in [0.3, 0.4) is 0 Å². The van der Waals surface area contributed by atoms with Crippen molar-refractivity contribution in [3.8, 4) is 0 Å². The number of rotatable bonds is 7. The Kier molecular flexibility index (Phi) is 5.99. The van der Waals surface area contributed by atoms with E-state index in [2.05, 4.69) is 29.2 Å². The van der Waals surface area contributed by atoms with Crippen molar-refractivity contribution in [3.05, 3.63) is 81.7 Å². The van der Waals surface area contributed by atoms with Gasteiger partial charge in [-0.1, -0.05) is 65.8 Å². The predicted octanol–water partition coefficient (Wildman–Crippen LogP) is 4.94. The van der Waals surface area contributed by atoms with Crippen LogP contribution in [0, 0.1) is 6.92 Å². The molecule has 6 nitrogen and oxygen atoms in total. The molecule has 2 aromatic heterocycles. The van der Waals surface area contributed by atoms with E-state index in [0.717, 1.165) is 18.4 Å². The highest BCUT2D eigenvalue weighted by Crippen LogP contribution is 2.33. The maximum Gasteiger partial charge on any atom is 0.262 e. The van der Waals surface area contributed by atoms with Crippen LogP contribution in [0.2, 0.25) is 0 Å². The second kappa shape index (κ2) is 8.83. The van der Waals surface area contributed by atoms with Gasteiger partial charge in [0.05, 0.1) is 22.7 Å². The number of hydrogen-bond donors (Lipinski definition) is 0. The summed E-state index contributed by atoms with van der Waals surface area (Å²) in [5, 5.41) is 5.18. The van der Waals surface area contributed by atoms with E-state index in [1.54, 1.807) is 4.57 Å². The number of thioether (sulfide) groups is 1. The van der Waals surface area contributed by atoms with Gasteiger partial charge in [-0.25, -0.2) is 4.98 Å². The highest BCUT2D eigenvalue weighted by molar-refractivity contribution is 7.99. The third-order valence-electron chi connectivity index (χ3n) is 4.88. The van der Waals surface area contributed by atoms with E-state index in [1.807, 2.05) is 50.2 Å². The van der Waals surface area contributed by atoms with Crippen molar-refractivity contribution >= 4 is 22.7 Å². The Labute approximate surface area is 179 Å². The molecule has 2 heterocycles. The first-order valence-corrected chi connectivity index (χ1v) is 11.0. The van der Waals surface area contributed by atoms with Crippen LogP contribution in [0.5, 0.6) is 0 Å². The molecular weight excluding hydrogens is 396 g/mol. The molecule has 0 fully saturated rings. The first-order chi connectivity index (χ1) is 14.5. The number of benzene rings is 2. The SMILES string of the molecule is CCCc1noc([C@@H](C)Sc2nc3ccccc3c(=O)n2Cc2ccc(C)cc2)n1. The molecule has 0 N–H and O–H groups in total. The summed E-state index contributed by atoms with van der Waals surface area (Å²) < 4.78 is 7.18. The number of fused-ring (bicyclic) bond motifs is 1. The van der Waals surface area contributed by atoms with E-state index in [0.29, 0.717) is 34.3 Å². The van der Waals surface area contributed by atoms with E-state index in [9.17, 15) is 4.79 Å². The number of para-hydroxylation sites is 1. The summed E-state index contributed by atoms with van der Waals surface area (Å²) in [6.45, 7) is 6.58. The fourth-order valence-corrected chi connectivity index (χ4v) is 4.16. The third kappa shape index (κ3) is 4.31. The average Bonchev–Trinajstić information content (AvgIpc) is 3.21. The largest absolute Gasteiger partial charge is 0.338 e. The van der Waals surface area contributed by atoms with Crippen LogP contribution in [0.1, 0.15) is 48.4 Å². The molecule has 0 aliphatic heterocycles. The van der Waals surface area contributed by atoms with Crippen LogP contribution in [0.4, 0.5) is 0 Å². The Morgan fingerprint density at radius 3 is 2.63 bits per heavy atom. The van der Waals surface area contributed by atoms with Gasteiger partial charge in [0.2, 0.25) is 5.89 Å². The molecule has 0 bridgehead atoms. The van der Waals surface area contributed by atoms with Gasteiger partial charge in [-0.15, -0.1) is 0 Å². The smallest absolute Gasteiger partial charge is 0.262 e. The minimum Gasteiger partial charge on any atom is -0.338 e. The van der Waals surface area contributed by atoms with Crippen LogP contribution in [0.25, 0.3) is 10.9 Å². The van der Waals surface area contributed by atoms with Gasteiger partial charge in [-0.3, -0.25) is 9.36 Å². The molecule has 0 saturated heterocycles. The van der Waals surface area contributed by atoms with E-state index in [-0.39, 0.29) is 10.8 Å². The van der Waals surface area contributed by atoms with Crippen molar-refractivity contribution in [2.45, 2.75) is 50.6 Å². The molecule has 0 unspecified atom stereocenters. The number of aryl methyl sites for hydroxylation is 2. The van der Waals surface area contributed by atoms with E-state index >= 15 is 0 Å². The van der Waals surface area contributed by atoms with Crippen molar-refractivity contribution in [2.75, 3.05) is 0 Å². The van der Waals surface area contributed by atoms with Crippen LogP contribution < -0.4 is 5.56 Å². The molecule has 154 valence electrons. The Balaban J connectivity index is 1.72. The molecular formula is C23H24N4O2S. The summed E-state index contributed by atoms with van der Waals surface area (Å²) in [7, 11) is 0. The zero-order valence-corrected chi connectivity index (χ0v) is 18.1. The Bertz CT molecular complexity index is 1210. The van der Waals surface area contributed by atoms with Crippen molar-refractivity contribution in [3.63, 3.8) is 0 Å². The molecule has 2 aromatic carbocycles. The monoisotopic (exact) mass is 420 g/mol. The minimum absolute atomic E-state index is 0.0481. The molecule has 4 rings (SSSR count). The van der Waals surface area contributed by atoms with Crippen LogP contribution in [-0.4, -0.2) is 19.7 Å². The summed E-state index contributed by atoms with van der Waals surface area (Å²) in [5.74, 6) is 1.26. The standard InChI is InChI=1S/C23H24N4O2S/c1-4-7-20-25-21(29-26-20)16(3)30-23-24-19-9-6-5-8-18(19)22(28)27(23)14-17-12-10-15(2)11-13-17/h5-6,8-13,16H,4,7,14H2,1-3H3/t16-/m1/s1. The molecule has 7 heteroatoms. The lowest BCUT2D eigenvalue weighted by molar-refractivity contribution is 0.374. The zero-order valence-electron chi connectivity index (χ0n) is 17.3. The van der Waals surface area contributed by atoms with Gasteiger partial charge in [0.25, 0.3) is 5.56 Å². The molecule has 0 aliphatic rings. The first-order valence-electron chi connectivity index (χ1n) is 10.1. The summed E-state index contributed by atoms with van der Waals surface area (Å²) in [6, 6.07) is 15.7. The lowest BCUT2D eigenvalue weighted by atomic mass is 10.1. The van der Waals surface area contributed by atoms with E-state index in [4.69, 9.17) is 9.51 Å². The first kappa shape index (κ1) is 20.3. The summed E-state index contributed by atoms with van der Waals surface area (Å²) in [5.41, 5.74) is 2.88. The van der Waals surface area contributed by atoms with E-state index in [1.165, 1.54) is 17.3 Å². The molecule has 0 radical (unpaired) electrons. The molecule has 0 aliphatic carbocycles. The second-order valence-electron chi connectivity index (χ2n) is 7.35. The fraction of sp³-hybridized carbons (Fsp3) is 0.304. The molecule has 4 aromatic rings. The number of nitrogens with zero attached hydrogens (tertiary/aromatic N) is 4. The van der Waals surface area contributed by atoms with Crippen molar-refractivity contribution < 1.29 is 4.52 Å². The van der Waals surface area contributed by atoms with Gasteiger partial charge >= 0.3 is 0 Å². The Morgan fingerprint density at radius 1 is 1.10 bits per heavy atom. The van der Waals surface area contributed by atoms with Crippen molar-refractivity contribution in [1.82, 2.24) is 19.7 Å². The predicted molar refractivity (Wildman–Crippen MR) is 119 cm³/mol. The van der Waals surface area contributed by atoms with E-state index < -0.39 is 0 Å². The summed E-state index contributed by atoms with van der Waals surface area (Å²) in [6.07, 6.45) is 1.75. The third-order valence-corrected chi connectivity index (χ3v) is 5.95. The molecule has 30 heavy (non-hydrogen) atoms.